The average Bonchev–Trinajstić information content (AvgIpc) is 2.44. The van der Waals surface area contributed by atoms with Gasteiger partial charge in [0.25, 0.3) is 0 Å². The van der Waals surface area contributed by atoms with Gasteiger partial charge in [-0.25, -0.2) is 4.98 Å². The van der Waals surface area contributed by atoms with Crippen molar-refractivity contribution in [2.24, 2.45) is 0 Å². The van der Waals surface area contributed by atoms with Gasteiger partial charge in [0.2, 0.25) is 0 Å². The van der Waals surface area contributed by atoms with E-state index < -0.39 is 11.7 Å². The van der Waals surface area contributed by atoms with E-state index in [2.05, 4.69) is 4.98 Å². The number of anilines is 1. The van der Waals surface area contributed by atoms with Gasteiger partial charge in [0.05, 0.1) is 17.9 Å². The molecule has 0 fully saturated rings. The molecule has 1 heterocycles. The van der Waals surface area contributed by atoms with Gasteiger partial charge >= 0.3 is 6.18 Å². The molecule has 0 spiro atoms. The Morgan fingerprint density at radius 2 is 1.81 bits per heavy atom. The molecule has 0 atom stereocenters. The lowest BCUT2D eigenvalue weighted by Gasteiger charge is -2.10. The van der Waals surface area contributed by atoms with Crippen molar-refractivity contribution in [2.45, 2.75) is 19.5 Å². The zero-order chi connectivity index (χ0) is 15.5. The molecule has 0 radical (unpaired) electrons. The molecular formula is C15H15F3N2O. The number of hydrogen-bond acceptors (Lipinski definition) is 3. The van der Waals surface area contributed by atoms with Crippen LogP contribution in [-0.4, -0.2) is 11.6 Å². The van der Waals surface area contributed by atoms with Crippen LogP contribution < -0.4 is 10.5 Å². The molecule has 0 amide bonds. The Bertz CT molecular complexity index is 609. The van der Waals surface area contributed by atoms with Crippen molar-refractivity contribution in [3.63, 3.8) is 0 Å². The molecule has 0 unspecified atom stereocenters. The Morgan fingerprint density at radius 3 is 2.38 bits per heavy atom. The van der Waals surface area contributed by atoms with Crippen molar-refractivity contribution < 1.29 is 17.9 Å². The summed E-state index contributed by atoms with van der Waals surface area (Å²) in [6.45, 7) is 2.58. The summed E-state index contributed by atoms with van der Waals surface area (Å²) in [7, 11) is 0. The molecule has 6 heteroatoms. The standard InChI is InChI=1S/C15H15F3N2O/c1-2-7-21-12-5-3-10(4-6-12)13-8-11(15(16,17)18)9-14(19)20-13/h3-6,8-9H,2,7H2,1H3,(H2,19,20). The van der Waals surface area contributed by atoms with Gasteiger partial charge in [-0.2, -0.15) is 13.2 Å². The fourth-order valence-corrected chi connectivity index (χ4v) is 1.81. The minimum atomic E-state index is -4.45. The summed E-state index contributed by atoms with van der Waals surface area (Å²) in [4.78, 5) is 3.95. The highest BCUT2D eigenvalue weighted by atomic mass is 19.4. The Labute approximate surface area is 120 Å². The van der Waals surface area contributed by atoms with Gasteiger partial charge < -0.3 is 10.5 Å². The number of ether oxygens (including phenoxy) is 1. The third-order valence-corrected chi connectivity index (χ3v) is 2.80. The van der Waals surface area contributed by atoms with E-state index in [0.29, 0.717) is 17.9 Å². The Kier molecular flexibility index (Phi) is 4.35. The third-order valence-electron chi connectivity index (χ3n) is 2.80. The minimum Gasteiger partial charge on any atom is -0.494 e. The maximum absolute atomic E-state index is 12.8. The van der Waals surface area contributed by atoms with Crippen LogP contribution in [0.2, 0.25) is 0 Å². The van der Waals surface area contributed by atoms with Gasteiger partial charge in [-0.15, -0.1) is 0 Å². The summed E-state index contributed by atoms with van der Waals surface area (Å²) < 4.78 is 43.7. The molecule has 1 aromatic heterocycles. The summed E-state index contributed by atoms with van der Waals surface area (Å²) in [5.74, 6) is 0.506. The van der Waals surface area contributed by atoms with Gasteiger partial charge in [-0.05, 0) is 42.8 Å². The average molecular weight is 296 g/mol. The first-order valence-corrected chi connectivity index (χ1v) is 6.48. The molecule has 112 valence electrons. The monoisotopic (exact) mass is 296 g/mol. The summed E-state index contributed by atoms with van der Waals surface area (Å²) in [5.41, 5.74) is 5.38. The molecule has 0 aliphatic carbocycles. The van der Waals surface area contributed by atoms with Gasteiger partial charge in [-0.1, -0.05) is 6.92 Å². The molecule has 2 N–H and O–H groups in total. The number of alkyl halides is 3. The molecule has 0 aliphatic heterocycles. The molecule has 2 rings (SSSR count). The largest absolute Gasteiger partial charge is 0.494 e. The highest BCUT2D eigenvalue weighted by Crippen LogP contribution is 2.33. The second-order valence-corrected chi connectivity index (χ2v) is 4.54. The summed E-state index contributed by atoms with van der Waals surface area (Å²) in [5, 5.41) is 0. The Hall–Kier alpha value is -2.24. The molecule has 0 saturated carbocycles. The number of rotatable bonds is 4. The van der Waals surface area contributed by atoms with Gasteiger partial charge in [-0.3, -0.25) is 0 Å². The van der Waals surface area contributed by atoms with E-state index in [4.69, 9.17) is 10.5 Å². The van der Waals surface area contributed by atoms with Gasteiger partial charge in [0.1, 0.15) is 11.6 Å². The number of pyridine rings is 1. The van der Waals surface area contributed by atoms with Gasteiger partial charge in [0, 0.05) is 5.56 Å². The summed E-state index contributed by atoms with van der Waals surface area (Å²) >= 11 is 0. The molecule has 0 bridgehead atoms. The van der Waals surface area contributed by atoms with E-state index in [0.717, 1.165) is 18.6 Å². The molecule has 1 aromatic carbocycles. The van der Waals surface area contributed by atoms with Crippen molar-refractivity contribution in [3.8, 4) is 17.0 Å². The number of aromatic nitrogens is 1. The van der Waals surface area contributed by atoms with Crippen LogP contribution >= 0.6 is 0 Å². The van der Waals surface area contributed by atoms with E-state index in [1.165, 1.54) is 0 Å². The van der Waals surface area contributed by atoms with Crippen molar-refractivity contribution in [1.29, 1.82) is 0 Å². The van der Waals surface area contributed by atoms with Crippen LogP contribution in [0.1, 0.15) is 18.9 Å². The number of nitrogen functional groups attached to an aromatic ring is 1. The predicted molar refractivity (Wildman–Crippen MR) is 74.9 cm³/mol. The fourth-order valence-electron chi connectivity index (χ4n) is 1.81. The smallest absolute Gasteiger partial charge is 0.416 e. The second-order valence-electron chi connectivity index (χ2n) is 4.54. The van der Waals surface area contributed by atoms with Crippen molar-refractivity contribution >= 4 is 5.82 Å². The maximum Gasteiger partial charge on any atom is 0.416 e. The van der Waals surface area contributed by atoms with Crippen LogP contribution in [0.4, 0.5) is 19.0 Å². The maximum atomic E-state index is 12.8. The van der Waals surface area contributed by atoms with E-state index >= 15 is 0 Å². The Morgan fingerprint density at radius 1 is 1.14 bits per heavy atom. The zero-order valence-corrected chi connectivity index (χ0v) is 11.4. The van der Waals surface area contributed by atoms with E-state index in [9.17, 15) is 13.2 Å². The molecular weight excluding hydrogens is 281 g/mol. The lowest BCUT2D eigenvalue weighted by atomic mass is 10.1. The number of benzene rings is 1. The topological polar surface area (TPSA) is 48.1 Å². The quantitative estimate of drug-likeness (QED) is 0.922. The highest BCUT2D eigenvalue weighted by molar-refractivity contribution is 5.63. The lowest BCUT2D eigenvalue weighted by Crippen LogP contribution is -2.07. The first-order valence-electron chi connectivity index (χ1n) is 6.48. The van der Waals surface area contributed by atoms with Crippen LogP contribution in [-0.2, 0) is 6.18 Å². The lowest BCUT2D eigenvalue weighted by molar-refractivity contribution is -0.137. The predicted octanol–water partition coefficient (Wildman–Crippen LogP) is 4.14. The van der Waals surface area contributed by atoms with Crippen molar-refractivity contribution in [3.05, 3.63) is 42.0 Å². The zero-order valence-electron chi connectivity index (χ0n) is 11.4. The second kappa shape index (κ2) is 6.03. The highest BCUT2D eigenvalue weighted by Gasteiger charge is 2.31. The molecule has 2 aromatic rings. The summed E-state index contributed by atoms with van der Waals surface area (Å²) in [6.07, 6.45) is -3.57. The fraction of sp³-hybridized carbons (Fsp3) is 0.267. The van der Waals surface area contributed by atoms with E-state index in [1.807, 2.05) is 6.92 Å². The number of halogens is 3. The number of hydrogen-bond donors (Lipinski definition) is 1. The number of nitrogens with zero attached hydrogens (tertiary/aromatic N) is 1. The van der Waals surface area contributed by atoms with Gasteiger partial charge in [0.15, 0.2) is 0 Å². The molecule has 21 heavy (non-hydrogen) atoms. The summed E-state index contributed by atoms with van der Waals surface area (Å²) in [6, 6.07) is 8.52. The van der Waals surface area contributed by atoms with Crippen LogP contribution in [0.15, 0.2) is 36.4 Å². The molecule has 0 aliphatic rings. The molecule has 0 saturated heterocycles. The van der Waals surface area contributed by atoms with E-state index in [1.54, 1.807) is 24.3 Å². The van der Waals surface area contributed by atoms with Crippen LogP contribution in [0.25, 0.3) is 11.3 Å². The third kappa shape index (κ3) is 3.87. The van der Waals surface area contributed by atoms with Crippen LogP contribution in [0, 0.1) is 0 Å². The first kappa shape index (κ1) is 15.2. The van der Waals surface area contributed by atoms with Crippen molar-refractivity contribution in [2.75, 3.05) is 12.3 Å². The van der Waals surface area contributed by atoms with Crippen molar-refractivity contribution in [1.82, 2.24) is 4.98 Å². The normalized spacial score (nSPS) is 11.4. The number of nitrogens with two attached hydrogens (primary N) is 1. The SMILES string of the molecule is CCCOc1ccc(-c2cc(C(F)(F)F)cc(N)n2)cc1. The first-order chi connectivity index (χ1) is 9.90. The minimum absolute atomic E-state index is 0.161. The molecule has 3 nitrogen and oxygen atoms in total. The van der Waals surface area contributed by atoms with Crippen LogP contribution in [0.3, 0.4) is 0 Å². The Balaban J connectivity index is 2.31. The van der Waals surface area contributed by atoms with Crippen LogP contribution in [0.5, 0.6) is 5.75 Å². The van der Waals surface area contributed by atoms with E-state index in [-0.39, 0.29) is 11.5 Å².